The van der Waals surface area contributed by atoms with E-state index in [1.165, 1.54) is 0 Å². The lowest BCUT2D eigenvalue weighted by Gasteiger charge is -2.34. The van der Waals surface area contributed by atoms with Gasteiger partial charge in [0.25, 0.3) is 0 Å². The number of guanidine groups is 1. The van der Waals surface area contributed by atoms with Crippen molar-refractivity contribution in [3.8, 4) is 0 Å². The molecule has 0 aromatic carbocycles. The Labute approximate surface area is 153 Å². The van der Waals surface area contributed by atoms with Gasteiger partial charge in [0.1, 0.15) is 0 Å². The monoisotopic (exact) mass is 365 g/mol. The third kappa shape index (κ3) is 6.41. The number of carbonyl (C=O) groups is 1. The Morgan fingerprint density at radius 1 is 1.20 bits per heavy atom. The number of hydrogen-bond acceptors (Lipinski definition) is 6. The summed E-state index contributed by atoms with van der Waals surface area (Å²) in [5, 5.41) is 6.40. The number of amides is 1. The molecule has 0 spiro atoms. The van der Waals surface area contributed by atoms with Crippen LogP contribution in [0.25, 0.3) is 0 Å². The first-order valence-electron chi connectivity index (χ1n) is 8.47. The largest absolute Gasteiger partial charge is 0.356 e. The van der Waals surface area contributed by atoms with Gasteiger partial charge in [-0.25, -0.2) is 9.97 Å². The van der Waals surface area contributed by atoms with Gasteiger partial charge in [0.05, 0.1) is 0 Å². The quantitative estimate of drug-likeness (QED) is 0.401. The summed E-state index contributed by atoms with van der Waals surface area (Å²) >= 11 is 1.78. The second kappa shape index (κ2) is 10.8. The molecule has 8 nitrogen and oxygen atoms in total. The Morgan fingerprint density at radius 2 is 1.88 bits per heavy atom. The van der Waals surface area contributed by atoms with Gasteiger partial charge in [-0.2, -0.15) is 11.8 Å². The van der Waals surface area contributed by atoms with E-state index in [4.69, 9.17) is 0 Å². The minimum absolute atomic E-state index is 0.167. The molecule has 0 unspecified atom stereocenters. The van der Waals surface area contributed by atoms with Gasteiger partial charge in [-0.3, -0.25) is 9.79 Å². The van der Waals surface area contributed by atoms with Gasteiger partial charge < -0.3 is 20.4 Å². The maximum Gasteiger partial charge on any atom is 0.225 e. The Morgan fingerprint density at radius 3 is 2.52 bits per heavy atom. The third-order valence-electron chi connectivity index (χ3n) is 3.92. The summed E-state index contributed by atoms with van der Waals surface area (Å²) in [5.41, 5.74) is 0. The minimum atomic E-state index is 0.167. The van der Waals surface area contributed by atoms with Gasteiger partial charge in [-0.1, -0.05) is 0 Å². The lowest BCUT2D eigenvalue weighted by atomic mass is 10.3. The molecule has 2 N–H and O–H groups in total. The van der Waals surface area contributed by atoms with Gasteiger partial charge in [0, 0.05) is 70.9 Å². The van der Waals surface area contributed by atoms with Crippen LogP contribution in [0, 0.1) is 0 Å². The van der Waals surface area contributed by atoms with Crippen molar-refractivity contribution < 1.29 is 4.79 Å². The molecule has 1 fully saturated rings. The number of rotatable bonds is 7. The average Bonchev–Trinajstić information content (AvgIpc) is 2.67. The van der Waals surface area contributed by atoms with E-state index in [0.717, 1.165) is 37.3 Å². The fourth-order valence-corrected chi connectivity index (χ4v) is 2.85. The number of thioether (sulfide) groups is 1. The van der Waals surface area contributed by atoms with Crippen LogP contribution in [0.3, 0.4) is 0 Å². The number of piperazine rings is 1. The highest BCUT2D eigenvalue weighted by Gasteiger charge is 2.22. The van der Waals surface area contributed by atoms with E-state index in [1.54, 1.807) is 37.3 Å². The fourth-order valence-electron chi connectivity index (χ4n) is 2.55. The lowest BCUT2D eigenvalue weighted by molar-refractivity contribution is -0.131. The van der Waals surface area contributed by atoms with Crippen molar-refractivity contribution >= 4 is 29.6 Å². The molecule has 0 bridgehead atoms. The predicted molar refractivity (Wildman–Crippen MR) is 103 cm³/mol. The molecule has 1 aliphatic rings. The molecule has 1 aliphatic heterocycles. The molecule has 1 amide bonds. The number of aromatic nitrogens is 2. The van der Waals surface area contributed by atoms with Crippen LogP contribution in [0.2, 0.25) is 0 Å². The van der Waals surface area contributed by atoms with Crippen LogP contribution in [-0.2, 0) is 4.79 Å². The zero-order chi connectivity index (χ0) is 17.9. The summed E-state index contributed by atoms with van der Waals surface area (Å²) in [6.07, 6.45) is 6.02. The molecule has 1 saturated heterocycles. The first-order chi connectivity index (χ1) is 12.2. The van der Waals surface area contributed by atoms with Crippen LogP contribution in [-0.4, -0.2) is 85.1 Å². The van der Waals surface area contributed by atoms with Gasteiger partial charge in [0.15, 0.2) is 5.96 Å². The molecular weight excluding hydrogens is 338 g/mol. The van der Waals surface area contributed by atoms with Gasteiger partial charge in [-0.15, -0.1) is 0 Å². The van der Waals surface area contributed by atoms with Crippen molar-refractivity contribution in [3.05, 3.63) is 18.5 Å². The summed E-state index contributed by atoms with van der Waals surface area (Å²) in [4.78, 5) is 29.0. The van der Waals surface area contributed by atoms with Crippen molar-refractivity contribution in [1.29, 1.82) is 0 Å². The number of aliphatic imine (C=N–C) groups is 1. The second-order valence-corrected chi connectivity index (χ2v) is 6.57. The Bertz CT molecular complexity index is 547. The van der Waals surface area contributed by atoms with Gasteiger partial charge in [-0.05, 0) is 12.3 Å². The topological polar surface area (TPSA) is 85.8 Å². The zero-order valence-corrected chi connectivity index (χ0v) is 15.8. The standard InChI is InChI=1S/C16H27N7OS/c1-17-15(19-8-13-25-2)18-7-4-14(24)22-9-11-23(12-10-22)16-20-5-3-6-21-16/h3,5-6H,4,7-13H2,1-2H3,(H2,17,18,19). The van der Waals surface area contributed by atoms with E-state index in [9.17, 15) is 4.79 Å². The SMILES string of the molecule is CN=C(NCCSC)NCCC(=O)N1CCN(c2ncccn2)CC1. The minimum Gasteiger partial charge on any atom is -0.356 e. The highest BCUT2D eigenvalue weighted by atomic mass is 32.2. The van der Waals surface area contributed by atoms with Crippen LogP contribution in [0.5, 0.6) is 0 Å². The number of nitrogens with one attached hydrogen (secondary N) is 2. The molecule has 0 aliphatic carbocycles. The Kier molecular flexibility index (Phi) is 8.30. The molecule has 25 heavy (non-hydrogen) atoms. The lowest BCUT2D eigenvalue weighted by Crippen LogP contribution is -2.50. The molecule has 1 aromatic rings. The second-order valence-electron chi connectivity index (χ2n) is 5.59. The van der Waals surface area contributed by atoms with E-state index in [1.807, 2.05) is 4.90 Å². The van der Waals surface area contributed by atoms with Crippen molar-refractivity contribution in [2.24, 2.45) is 4.99 Å². The van der Waals surface area contributed by atoms with E-state index >= 15 is 0 Å². The predicted octanol–water partition coefficient (Wildman–Crippen LogP) is 0.0433. The highest BCUT2D eigenvalue weighted by Crippen LogP contribution is 2.10. The molecule has 0 radical (unpaired) electrons. The maximum atomic E-state index is 12.3. The molecule has 138 valence electrons. The smallest absolute Gasteiger partial charge is 0.225 e. The summed E-state index contributed by atoms with van der Waals surface area (Å²) < 4.78 is 0. The molecule has 1 aromatic heterocycles. The van der Waals surface area contributed by atoms with Crippen LogP contribution >= 0.6 is 11.8 Å². The van der Waals surface area contributed by atoms with Crippen LogP contribution in [0.4, 0.5) is 5.95 Å². The van der Waals surface area contributed by atoms with Crippen LogP contribution < -0.4 is 15.5 Å². The number of nitrogens with zero attached hydrogens (tertiary/aromatic N) is 5. The van der Waals surface area contributed by atoms with E-state index in [0.29, 0.717) is 26.1 Å². The molecule has 0 saturated carbocycles. The number of anilines is 1. The van der Waals surface area contributed by atoms with E-state index in [2.05, 4.69) is 36.7 Å². The molecule has 2 rings (SSSR count). The third-order valence-corrected chi connectivity index (χ3v) is 4.53. The highest BCUT2D eigenvalue weighted by molar-refractivity contribution is 7.98. The van der Waals surface area contributed by atoms with Gasteiger partial charge >= 0.3 is 0 Å². The average molecular weight is 366 g/mol. The van der Waals surface area contributed by atoms with Crippen molar-refractivity contribution in [3.63, 3.8) is 0 Å². The van der Waals surface area contributed by atoms with Crippen molar-refractivity contribution in [2.75, 3.05) is 63.2 Å². The van der Waals surface area contributed by atoms with Crippen LogP contribution in [0.1, 0.15) is 6.42 Å². The summed E-state index contributed by atoms with van der Waals surface area (Å²) in [6, 6.07) is 1.81. The summed E-state index contributed by atoms with van der Waals surface area (Å²) in [5.74, 6) is 2.67. The number of hydrogen-bond donors (Lipinski definition) is 2. The Balaban J connectivity index is 1.67. The number of carbonyl (C=O) groups excluding carboxylic acids is 1. The first-order valence-corrected chi connectivity index (χ1v) is 9.87. The Hall–Kier alpha value is -2.03. The first kappa shape index (κ1) is 19.3. The zero-order valence-electron chi connectivity index (χ0n) is 14.9. The molecule has 9 heteroatoms. The van der Waals surface area contributed by atoms with E-state index in [-0.39, 0.29) is 5.91 Å². The van der Waals surface area contributed by atoms with E-state index < -0.39 is 0 Å². The molecule has 2 heterocycles. The van der Waals surface area contributed by atoms with Crippen molar-refractivity contribution in [2.45, 2.75) is 6.42 Å². The summed E-state index contributed by atoms with van der Waals surface area (Å²) in [6.45, 7) is 4.38. The van der Waals surface area contributed by atoms with Crippen LogP contribution in [0.15, 0.2) is 23.5 Å². The fraction of sp³-hybridized carbons (Fsp3) is 0.625. The normalized spacial score (nSPS) is 15.2. The molecular formula is C16H27N7OS. The maximum absolute atomic E-state index is 12.3. The summed E-state index contributed by atoms with van der Waals surface area (Å²) in [7, 11) is 1.74. The molecule has 0 atom stereocenters. The van der Waals surface area contributed by atoms with Gasteiger partial charge in [0.2, 0.25) is 11.9 Å². The van der Waals surface area contributed by atoms with Crippen molar-refractivity contribution in [1.82, 2.24) is 25.5 Å².